The van der Waals surface area contributed by atoms with Crippen LogP contribution in [0.15, 0.2) is 59.9 Å². The maximum Gasteiger partial charge on any atom is 0.263 e. The van der Waals surface area contributed by atoms with Gasteiger partial charge in [0.25, 0.3) is 10.0 Å². The first-order chi connectivity index (χ1) is 17.6. The predicted octanol–water partition coefficient (Wildman–Crippen LogP) is 4.96. The van der Waals surface area contributed by atoms with Crippen molar-refractivity contribution in [2.24, 2.45) is 0 Å². The Kier molecular flexibility index (Phi) is 8.33. The molecular formula is C25H25Cl2N5O4S. The van der Waals surface area contributed by atoms with E-state index in [1.807, 2.05) is 19.0 Å². The zero-order chi connectivity index (χ0) is 26.6. The van der Waals surface area contributed by atoms with Gasteiger partial charge in [0.2, 0.25) is 0 Å². The van der Waals surface area contributed by atoms with Gasteiger partial charge in [0, 0.05) is 23.2 Å². The van der Waals surface area contributed by atoms with Crippen LogP contribution < -0.4 is 14.2 Å². The van der Waals surface area contributed by atoms with Crippen molar-refractivity contribution in [1.82, 2.24) is 19.9 Å². The number of pyridine rings is 1. The summed E-state index contributed by atoms with van der Waals surface area (Å²) in [5, 5.41) is 1.41. The van der Waals surface area contributed by atoms with Crippen LogP contribution in [0.4, 0.5) is 5.82 Å². The largest absolute Gasteiger partial charge is 0.491 e. The molecule has 0 aliphatic heterocycles. The average molecular weight is 562 g/mol. The maximum atomic E-state index is 13.2. The van der Waals surface area contributed by atoms with Crippen LogP contribution in [0.3, 0.4) is 0 Å². The van der Waals surface area contributed by atoms with Gasteiger partial charge in [-0.05, 0) is 62.5 Å². The molecule has 0 spiro atoms. The van der Waals surface area contributed by atoms with E-state index in [-0.39, 0.29) is 23.1 Å². The van der Waals surface area contributed by atoms with Crippen molar-refractivity contribution in [3.63, 3.8) is 0 Å². The van der Waals surface area contributed by atoms with Gasteiger partial charge in [-0.25, -0.2) is 23.4 Å². The molecule has 37 heavy (non-hydrogen) atoms. The zero-order valence-electron chi connectivity index (χ0n) is 20.4. The van der Waals surface area contributed by atoms with E-state index >= 15 is 0 Å². The summed E-state index contributed by atoms with van der Waals surface area (Å²) in [7, 11) is -0.121. The van der Waals surface area contributed by atoms with Crippen molar-refractivity contribution in [2.75, 3.05) is 32.0 Å². The fourth-order valence-electron chi connectivity index (χ4n) is 3.39. The quantitative estimate of drug-likeness (QED) is 0.289. The summed E-state index contributed by atoms with van der Waals surface area (Å²) in [4.78, 5) is 14.6. The minimum atomic E-state index is -4.03. The minimum Gasteiger partial charge on any atom is -0.491 e. The van der Waals surface area contributed by atoms with E-state index in [1.54, 1.807) is 49.5 Å². The van der Waals surface area contributed by atoms with Crippen molar-refractivity contribution in [1.29, 1.82) is 0 Å². The molecule has 12 heteroatoms. The number of rotatable bonds is 10. The van der Waals surface area contributed by atoms with Gasteiger partial charge >= 0.3 is 0 Å². The van der Waals surface area contributed by atoms with Gasteiger partial charge in [-0.15, -0.1) is 0 Å². The molecule has 0 fully saturated rings. The minimum absolute atomic E-state index is 0.0120. The molecule has 1 N–H and O–H groups in total. The predicted molar refractivity (Wildman–Crippen MR) is 144 cm³/mol. The van der Waals surface area contributed by atoms with E-state index in [9.17, 15) is 8.42 Å². The standard InChI is InChI=1S/C25H25Cl2N5O4S/c1-16-19(26)5-4-6-23(16)37(33,34)31-25-22(12-18-13-28-15-29-24(18)30-25)36-14-17-7-8-20(27)21(11-17)35-10-9-32(2)3/h4-8,11-13,15H,9-10,14H2,1-3H3,(H,28,29,30,31). The summed E-state index contributed by atoms with van der Waals surface area (Å²) in [6.45, 7) is 2.94. The second-order valence-electron chi connectivity index (χ2n) is 8.44. The molecule has 194 valence electrons. The average Bonchev–Trinajstić information content (AvgIpc) is 2.85. The van der Waals surface area contributed by atoms with E-state index in [0.717, 1.165) is 12.1 Å². The van der Waals surface area contributed by atoms with Crippen molar-refractivity contribution in [2.45, 2.75) is 18.4 Å². The monoisotopic (exact) mass is 561 g/mol. The number of likely N-dealkylation sites (N-methyl/N-ethyl adjacent to an activating group) is 1. The first-order valence-electron chi connectivity index (χ1n) is 11.2. The first-order valence-corrected chi connectivity index (χ1v) is 13.5. The summed E-state index contributed by atoms with van der Waals surface area (Å²) in [5.74, 6) is 0.726. The molecule has 9 nitrogen and oxygen atoms in total. The fraction of sp³-hybridized carbons (Fsp3) is 0.240. The summed E-state index contributed by atoms with van der Waals surface area (Å²) in [6, 6.07) is 11.6. The van der Waals surface area contributed by atoms with E-state index < -0.39 is 10.0 Å². The third-order valence-electron chi connectivity index (χ3n) is 5.38. The van der Waals surface area contributed by atoms with Gasteiger partial charge in [-0.1, -0.05) is 35.3 Å². The molecule has 0 aliphatic carbocycles. The van der Waals surface area contributed by atoms with E-state index in [0.29, 0.717) is 39.0 Å². The van der Waals surface area contributed by atoms with Gasteiger partial charge in [-0.2, -0.15) is 0 Å². The van der Waals surface area contributed by atoms with Crippen molar-refractivity contribution in [3.8, 4) is 11.5 Å². The third-order valence-corrected chi connectivity index (χ3v) is 7.59. The molecule has 2 aromatic heterocycles. The number of halogens is 2. The second-order valence-corrected chi connectivity index (χ2v) is 10.9. The highest BCUT2D eigenvalue weighted by Crippen LogP contribution is 2.32. The normalized spacial score (nSPS) is 11.6. The molecular weight excluding hydrogens is 537 g/mol. The molecule has 0 amide bonds. The first kappa shape index (κ1) is 26.9. The topological polar surface area (TPSA) is 107 Å². The lowest BCUT2D eigenvalue weighted by atomic mass is 10.2. The number of ether oxygens (including phenoxy) is 2. The number of sulfonamides is 1. The van der Waals surface area contributed by atoms with E-state index in [4.69, 9.17) is 32.7 Å². The molecule has 0 unspecified atom stereocenters. The molecule has 4 aromatic rings. The molecule has 0 aliphatic rings. The highest BCUT2D eigenvalue weighted by molar-refractivity contribution is 7.92. The molecule has 0 saturated carbocycles. The summed E-state index contributed by atoms with van der Waals surface area (Å²) in [6.07, 6.45) is 2.90. The van der Waals surface area contributed by atoms with Crippen LogP contribution in [0.2, 0.25) is 10.0 Å². The van der Waals surface area contributed by atoms with Crippen LogP contribution in [-0.4, -0.2) is 55.5 Å². The lowest BCUT2D eigenvalue weighted by Gasteiger charge is -2.16. The van der Waals surface area contributed by atoms with Crippen LogP contribution in [0.1, 0.15) is 11.1 Å². The Morgan fingerprint density at radius 3 is 2.62 bits per heavy atom. The Morgan fingerprint density at radius 1 is 1.03 bits per heavy atom. The Morgan fingerprint density at radius 2 is 1.84 bits per heavy atom. The molecule has 0 radical (unpaired) electrons. The molecule has 0 saturated heterocycles. The third kappa shape index (κ3) is 6.58. The summed E-state index contributed by atoms with van der Waals surface area (Å²) in [5.41, 5.74) is 1.50. The number of hydrogen-bond donors (Lipinski definition) is 1. The van der Waals surface area contributed by atoms with Crippen molar-refractivity contribution < 1.29 is 17.9 Å². The smallest absolute Gasteiger partial charge is 0.263 e. The Hall–Kier alpha value is -3.18. The Bertz CT molecular complexity index is 1530. The van der Waals surface area contributed by atoms with E-state index in [1.165, 1.54) is 12.4 Å². The van der Waals surface area contributed by atoms with Crippen LogP contribution in [0.25, 0.3) is 11.0 Å². The van der Waals surface area contributed by atoms with Gasteiger partial charge in [0.05, 0.1) is 9.92 Å². The van der Waals surface area contributed by atoms with Crippen LogP contribution in [0.5, 0.6) is 11.5 Å². The van der Waals surface area contributed by atoms with Crippen molar-refractivity contribution >= 4 is 50.1 Å². The summed E-state index contributed by atoms with van der Waals surface area (Å²) >= 11 is 12.4. The van der Waals surface area contributed by atoms with Gasteiger partial charge in [0.15, 0.2) is 17.2 Å². The van der Waals surface area contributed by atoms with E-state index in [2.05, 4.69) is 19.7 Å². The summed E-state index contributed by atoms with van der Waals surface area (Å²) < 4.78 is 40.8. The van der Waals surface area contributed by atoms with Gasteiger partial charge in [-0.3, -0.25) is 4.72 Å². The van der Waals surface area contributed by atoms with Crippen LogP contribution in [0, 0.1) is 6.92 Å². The zero-order valence-corrected chi connectivity index (χ0v) is 22.7. The molecule has 0 bridgehead atoms. The number of nitrogens with zero attached hydrogens (tertiary/aromatic N) is 4. The molecule has 2 heterocycles. The molecule has 2 aromatic carbocycles. The van der Waals surface area contributed by atoms with Crippen molar-refractivity contribution in [3.05, 3.63) is 76.2 Å². The number of fused-ring (bicyclic) bond motifs is 1. The lowest BCUT2D eigenvalue weighted by molar-refractivity contribution is 0.260. The van der Waals surface area contributed by atoms with Crippen LogP contribution >= 0.6 is 23.2 Å². The lowest BCUT2D eigenvalue weighted by Crippen LogP contribution is -2.19. The number of benzene rings is 2. The molecule has 0 atom stereocenters. The highest BCUT2D eigenvalue weighted by atomic mass is 35.5. The fourth-order valence-corrected chi connectivity index (χ4v) is 5.08. The highest BCUT2D eigenvalue weighted by Gasteiger charge is 2.22. The Labute approximate surface area is 225 Å². The molecule has 4 rings (SSSR count). The SMILES string of the molecule is Cc1c(Cl)cccc1S(=O)(=O)Nc1nc2ncncc2cc1OCc1ccc(Cl)c(OCCN(C)C)c1. The number of nitrogens with one attached hydrogen (secondary N) is 1. The van der Waals surface area contributed by atoms with Gasteiger partial charge < -0.3 is 14.4 Å². The maximum absolute atomic E-state index is 13.2. The number of anilines is 1. The van der Waals surface area contributed by atoms with Crippen LogP contribution in [-0.2, 0) is 16.6 Å². The number of aromatic nitrogens is 3. The second kappa shape index (κ2) is 11.5. The number of hydrogen-bond acceptors (Lipinski definition) is 8. The Balaban J connectivity index is 1.62. The van der Waals surface area contributed by atoms with Gasteiger partial charge in [0.1, 0.15) is 25.3 Å².